The van der Waals surface area contributed by atoms with Crippen LogP contribution < -0.4 is 10.3 Å². The van der Waals surface area contributed by atoms with Crippen LogP contribution >= 0.6 is 34.7 Å². The number of methoxy groups -OCH3 is 1. The molecule has 0 fully saturated rings. The molecule has 4 aromatic rings. The summed E-state index contributed by atoms with van der Waals surface area (Å²) in [5.41, 5.74) is 2.45. The number of aromatic nitrogens is 2. The molecular formula is C25H23ClN2O3S2. The first-order valence-electron chi connectivity index (χ1n) is 10.6. The number of rotatable bonds is 5. The fraction of sp³-hybridized carbons (Fsp3) is 0.280. The van der Waals surface area contributed by atoms with E-state index in [9.17, 15) is 4.79 Å². The highest BCUT2D eigenvalue weighted by atomic mass is 35.5. The third kappa shape index (κ3) is 4.30. The summed E-state index contributed by atoms with van der Waals surface area (Å²) in [5, 5.41) is 2.04. The molecule has 0 radical (unpaired) electrons. The second-order valence-electron chi connectivity index (χ2n) is 8.52. The summed E-state index contributed by atoms with van der Waals surface area (Å²) in [6, 6.07) is 15.2. The summed E-state index contributed by atoms with van der Waals surface area (Å²) < 4.78 is 13.0. The molecular weight excluding hydrogens is 476 g/mol. The minimum Gasteiger partial charge on any atom is -0.497 e. The zero-order chi connectivity index (χ0) is 23.2. The third-order valence-electron chi connectivity index (χ3n) is 5.72. The topological polar surface area (TPSA) is 53.4 Å². The van der Waals surface area contributed by atoms with Gasteiger partial charge in [-0.05, 0) is 55.3 Å². The number of ether oxygens (including phenoxy) is 2. The Hall–Kier alpha value is -2.32. The van der Waals surface area contributed by atoms with Crippen LogP contribution in [0.15, 0.2) is 58.5 Å². The van der Waals surface area contributed by atoms with E-state index in [1.165, 1.54) is 11.8 Å². The van der Waals surface area contributed by atoms with Crippen LogP contribution in [0.3, 0.4) is 0 Å². The number of benzene rings is 2. The van der Waals surface area contributed by atoms with Gasteiger partial charge in [0.25, 0.3) is 5.56 Å². The minimum atomic E-state index is -0.310. The average Bonchev–Trinajstić information content (AvgIpc) is 3.15. The fourth-order valence-electron chi connectivity index (χ4n) is 3.99. The van der Waals surface area contributed by atoms with Crippen LogP contribution in [0.25, 0.3) is 15.9 Å². The Kier molecular flexibility index (Phi) is 5.99. The maximum atomic E-state index is 13.9. The van der Waals surface area contributed by atoms with E-state index in [1.807, 2.05) is 48.5 Å². The molecule has 0 unspecified atom stereocenters. The lowest BCUT2D eigenvalue weighted by atomic mass is 9.94. The van der Waals surface area contributed by atoms with Crippen molar-refractivity contribution in [2.24, 2.45) is 0 Å². The fourth-order valence-corrected chi connectivity index (χ4v) is 6.43. The lowest BCUT2D eigenvalue weighted by molar-refractivity contribution is -0.0379. The predicted octanol–water partition coefficient (Wildman–Crippen LogP) is 6.25. The van der Waals surface area contributed by atoms with Gasteiger partial charge in [-0.15, -0.1) is 11.3 Å². The van der Waals surface area contributed by atoms with Gasteiger partial charge in [-0.25, -0.2) is 4.98 Å². The molecule has 0 atom stereocenters. The number of fused-ring (bicyclic) bond motifs is 3. The van der Waals surface area contributed by atoms with E-state index in [-0.39, 0.29) is 11.2 Å². The SMILES string of the molecule is COc1ccc(-n2c(SCc3ccccc3Cl)nc3sc4c(c3c2=O)CC(C)(C)OC4)cc1. The van der Waals surface area contributed by atoms with Gasteiger partial charge in [0.15, 0.2) is 5.16 Å². The molecule has 0 N–H and O–H groups in total. The molecule has 0 saturated heterocycles. The third-order valence-corrected chi connectivity index (χ3v) is 8.17. The number of nitrogens with zero attached hydrogens (tertiary/aromatic N) is 2. The van der Waals surface area contributed by atoms with Gasteiger partial charge in [-0.2, -0.15) is 0 Å². The zero-order valence-electron chi connectivity index (χ0n) is 18.6. The van der Waals surface area contributed by atoms with Crippen LogP contribution in [-0.2, 0) is 23.5 Å². The van der Waals surface area contributed by atoms with Gasteiger partial charge in [-0.1, -0.05) is 41.6 Å². The number of halogens is 1. The quantitative estimate of drug-likeness (QED) is 0.240. The van der Waals surface area contributed by atoms with Gasteiger partial charge in [0.05, 0.1) is 30.4 Å². The molecule has 3 heterocycles. The van der Waals surface area contributed by atoms with Crippen molar-refractivity contribution < 1.29 is 9.47 Å². The van der Waals surface area contributed by atoms with E-state index >= 15 is 0 Å². The second-order valence-corrected chi connectivity index (χ2v) is 11.0. The molecule has 0 saturated carbocycles. The highest BCUT2D eigenvalue weighted by molar-refractivity contribution is 7.98. The average molecular weight is 499 g/mol. The number of hydrogen-bond acceptors (Lipinski definition) is 6. The van der Waals surface area contributed by atoms with E-state index in [4.69, 9.17) is 26.1 Å². The maximum Gasteiger partial charge on any atom is 0.267 e. The summed E-state index contributed by atoms with van der Waals surface area (Å²) in [7, 11) is 1.63. The van der Waals surface area contributed by atoms with Crippen molar-refractivity contribution in [2.45, 2.75) is 43.4 Å². The number of thiophene rings is 1. The monoisotopic (exact) mass is 498 g/mol. The highest BCUT2D eigenvalue weighted by Gasteiger charge is 2.31. The molecule has 2 aromatic carbocycles. The molecule has 5 nitrogen and oxygen atoms in total. The van der Waals surface area contributed by atoms with Crippen LogP contribution in [0.4, 0.5) is 0 Å². The van der Waals surface area contributed by atoms with Crippen LogP contribution in [0.1, 0.15) is 29.9 Å². The van der Waals surface area contributed by atoms with Crippen LogP contribution in [0.5, 0.6) is 5.75 Å². The molecule has 33 heavy (non-hydrogen) atoms. The van der Waals surface area contributed by atoms with Gasteiger partial charge in [0.2, 0.25) is 0 Å². The van der Waals surface area contributed by atoms with Gasteiger partial charge in [0.1, 0.15) is 10.6 Å². The predicted molar refractivity (Wildman–Crippen MR) is 135 cm³/mol. The molecule has 1 aliphatic rings. The molecule has 8 heteroatoms. The van der Waals surface area contributed by atoms with E-state index in [0.29, 0.717) is 34.3 Å². The van der Waals surface area contributed by atoms with E-state index in [2.05, 4.69) is 13.8 Å². The van der Waals surface area contributed by atoms with Crippen LogP contribution in [-0.4, -0.2) is 22.3 Å². The van der Waals surface area contributed by atoms with Crippen molar-refractivity contribution in [3.8, 4) is 11.4 Å². The van der Waals surface area contributed by atoms with E-state index in [0.717, 1.165) is 32.3 Å². The van der Waals surface area contributed by atoms with E-state index in [1.54, 1.807) is 23.0 Å². The second kappa shape index (κ2) is 8.80. The molecule has 0 aliphatic carbocycles. The zero-order valence-corrected chi connectivity index (χ0v) is 20.9. The van der Waals surface area contributed by atoms with Gasteiger partial charge >= 0.3 is 0 Å². The summed E-state index contributed by atoms with van der Waals surface area (Å²) in [6.45, 7) is 4.62. The number of hydrogen-bond donors (Lipinski definition) is 0. The maximum absolute atomic E-state index is 13.9. The van der Waals surface area contributed by atoms with Crippen molar-refractivity contribution in [3.05, 3.63) is 79.9 Å². The Morgan fingerprint density at radius 1 is 1.21 bits per heavy atom. The molecule has 0 bridgehead atoms. The van der Waals surface area contributed by atoms with Crippen molar-refractivity contribution in [3.63, 3.8) is 0 Å². The lowest BCUT2D eigenvalue weighted by Crippen LogP contribution is -2.32. The molecule has 170 valence electrons. The summed E-state index contributed by atoms with van der Waals surface area (Å²) >= 11 is 9.43. The normalized spacial score (nSPS) is 14.9. The van der Waals surface area contributed by atoms with Gasteiger partial charge < -0.3 is 9.47 Å². The Morgan fingerprint density at radius 2 is 1.97 bits per heavy atom. The smallest absolute Gasteiger partial charge is 0.267 e. The highest BCUT2D eigenvalue weighted by Crippen LogP contribution is 2.38. The van der Waals surface area contributed by atoms with Crippen molar-refractivity contribution >= 4 is 44.9 Å². The summed E-state index contributed by atoms with van der Waals surface area (Å²) in [4.78, 5) is 20.8. The first-order chi connectivity index (χ1) is 15.9. The van der Waals surface area contributed by atoms with Crippen molar-refractivity contribution in [1.82, 2.24) is 9.55 Å². The molecule has 0 spiro atoms. The van der Waals surface area contributed by atoms with Gasteiger partial charge in [-0.3, -0.25) is 9.36 Å². The van der Waals surface area contributed by atoms with Crippen molar-refractivity contribution in [1.29, 1.82) is 0 Å². The number of thioether (sulfide) groups is 1. The summed E-state index contributed by atoms with van der Waals surface area (Å²) in [5.74, 6) is 1.34. The van der Waals surface area contributed by atoms with E-state index < -0.39 is 0 Å². The molecule has 0 amide bonds. The van der Waals surface area contributed by atoms with Gasteiger partial charge in [0, 0.05) is 22.1 Å². The van der Waals surface area contributed by atoms with Crippen LogP contribution in [0.2, 0.25) is 5.02 Å². The Labute approximate surface area is 205 Å². The molecule has 5 rings (SSSR count). The van der Waals surface area contributed by atoms with Crippen LogP contribution in [0, 0.1) is 0 Å². The summed E-state index contributed by atoms with van der Waals surface area (Å²) in [6.07, 6.45) is 0.688. The minimum absolute atomic E-state index is 0.0537. The molecule has 2 aromatic heterocycles. The Balaban J connectivity index is 1.67. The molecule has 1 aliphatic heterocycles. The Bertz CT molecular complexity index is 1390. The largest absolute Gasteiger partial charge is 0.497 e. The first-order valence-corrected chi connectivity index (χ1v) is 12.8. The first kappa shape index (κ1) is 22.5. The Morgan fingerprint density at radius 3 is 2.70 bits per heavy atom. The van der Waals surface area contributed by atoms with Crippen molar-refractivity contribution in [2.75, 3.05) is 7.11 Å². The standard InChI is InChI=1S/C25H23ClN2O3S2/c1-25(2)12-18-20(13-31-25)33-22-21(18)23(29)28(16-8-10-17(30-3)11-9-16)24(27-22)32-14-15-6-4-5-7-19(15)26/h4-11H,12-14H2,1-3H3. The lowest BCUT2D eigenvalue weighted by Gasteiger charge is -2.29.